The summed E-state index contributed by atoms with van der Waals surface area (Å²) in [6.07, 6.45) is 5.57. The molecule has 2 aromatic heterocycles. The Morgan fingerprint density at radius 1 is 1.10 bits per heavy atom. The number of pyridine rings is 2. The van der Waals surface area contributed by atoms with Gasteiger partial charge in [-0.2, -0.15) is 0 Å². The zero-order chi connectivity index (χ0) is 20.8. The van der Waals surface area contributed by atoms with Crippen molar-refractivity contribution in [1.82, 2.24) is 15.3 Å². The number of nitrogens with zero attached hydrogens (tertiary/aromatic N) is 3. The van der Waals surface area contributed by atoms with Gasteiger partial charge in [-0.05, 0) is 47.9 Å². The molecule has 0 atom stereocenters. The van der Waals surface area contributed by atoms with Gasteiger partial charge in [0, 0.05) is 49.9 Å². The number of rotatable bonds is 6. The van der Waals surface area contributed by atoms with Crippen molar-refractivity contribution in [2.75, 3.05) is 11.9 Å². The number of nitrogens with one attached hydrogen (secondary N) is 1. The van der Waals surface area contributed by atoms with E-state index in [4.69, 9.17) is 0 Å². The van der Waals surface area contributed by atoms with Crippen molar-refractivity contribution in [3.05, 3.63) is 77.9 Å². The van der Waals surface area contributed by atoms with Crippen LogP contribution in [0.15, 0.2) is 61.1 Å². The Bertz CT molecular complexity index is 1000. The molecule has 29 heavy (non-hydrogen) atoms. The molecule has 3 aromatic rings. The molecule has 0 bridgehead atoms. The molecular formula is C23H24N4O2. The number of hydrogen-bond donors (Lipinski definition) is 1. The second-order valence-electron chi connectivity index (χ2n) is 6.78. The van der Waals surface area contributed by atoms with Gasteiger partial charge in [-0.25, -0.2) is 0 Å². The molecule has 0 aliphatic rings. The lowest BCUT2D eigenvalue weighted by Gasteiger charge is -2.18. The van der Waals surface area contributed by atoms with Crippen molar-refractivity contribution in [3.8, 4) is 11.1 Å². The number of carbonyl (C=O) groups excluding carboxylic acids is 2. The van der Waals surface area contributed by atoms with Gasteiger partial charge in [0.25, 0.3) is 5.91 Å². The van der Waals surface area contributed by atoms with Crippen LogP contribution in [0.4, 0.5) is 5.69 Å². The third-order valence-corrected chi connectivity index (χ3v) is 4.76. The quantitative estimate of drug-likeness (QED) is 0.698. The van der Waals surface area contributed by atoms with Gasteiger partial charge in [-0.3, -0.25) is 19.6 Å². The fourth-order valence-corrected chi connectivity index (χ4v) is 3.02. The predicted octanol–water partition coefficient (Wildman–Crippen LogP) is 3.75. The van der Waals surface area contributed by atoms with E-state index >= 15 is 0 Å². The summed E-state index contributed by atoms with van der Waals surface area (Å²) in [7, 11) is 1.78. The molecule has 0 saturated carbocycles. The standard InChI is InChI=1S/C23H24N4O2/c1-4-22(28)27(3)19-8-9-20(16(2)12-19)18-7-10-21(25-15-18)23(29)26-14-17-6-5-11-24-13-17/h5-13,15H,4,14H2,1-3H3,(H,26,29). The zero-order valence-electron chi connectivity index (χ0n) is 16.8. The Balaban J connectivity index is 1.71. The van der Waals surface area contributed by atoms with Gasteiger partial charge in [0.1, 0.15) is 5.69 Å². The largest absolute Gasteiger partial charge is 0.347 e. The van der Waals surface area contributed by atoms with Gasteiger partial charge in [0.15, 0.2) is 0 Å². The third-order valence-electron chi connectivity index (χ3n) is 4.76. The molecule has 0 aliphatic heterocycles. The second kappa shape index (κ2) is 9.10. The van der Waals surface area contributed by atoms with Crippen molar-refractivity contribution in [3.63, 3.8) is 0 Å². The Morgan fingerprint density at radius 3 is 2.55 bits per heavy atom. The highest BCUT2D eigenvalue weighted by atomic mass is 16.2. The number of hydrogen-bond acceptors (Lipinski definition) is 4. The highest BCUT2D eigenvalue weighted by Crippen LogP contribution is 2.27. The van der Waals surface area contributed by atoms with E-state index < -0.39 is 0 Å². The molecule has 0 spiro atoms. The summed E-state index contributed by atoms with van der Waals surface area (Å²) in [5, 5.41) is 2.84. The van der Waals surface area contributed by atoms with Gasteiger partial charge in [-0.1, -0.05) is 25.1 Å². The summed E-state index contributed by atoms with van der Waals surface area (Å²) in [5.74, 6) is -0.160. The van der Waals surface area contributed by atoms with E-state index in [1.807, 2.05) is 50.2 Å². The number of aryl methyl sites for hydroxylation is 1. The van der Waals surface area contributed by atoms with Crippen LogP contribution in [0.3, 0.4) is 0 Å². The van der Waals surface area contributed by atoms with Crippen LogP contribution in [-0.4, -0.2) is 28.8 Å². The lowest BCUT2D eigenvalue weighted by molar-refractivity contribution is -0.118. The van der Waals surface area contributed by atoms with Crippen molar-refractivity contribution in [2.24, 2.45) is 0 Å². The molecule has 0 saturated heterocycles. The fraction of sp³-hybridized carbons (Fsp3) is 0.217. The summed E-state index contributed by atoms with van der Waals surface area (Å²) in [5.41, 5.74) is 5.12. The first kappa shape index (κ1) is 20.2. The number of benzene rings is 1. The lowest BCUT2D eigenvalue weighted by Crippen LogP contribution is -2.25. The minimum absolute atomic E-state index is 0.0699. The average molecular weight is 388 g/mol. The van der Waals surface area contributed by atoms with Crippen LogP contribution in [0, 0.1) is 6.92 Å². The number of aromatic nitrogens is 2. The summed E-state index contributed by atoms with van der Waals surface area (Å²) in [6.45, 7) is 4.25. The zero-order valence-corrected chi connectivity index (χ0v) is 16.8. The smallest absolute Gasteiger partial charge is 0.270 e. The monoisotopic (exact) mass is 388 g/mol. The molecule has 2 heterocycles. The minimum atomic E-state index is -0.229. The number of amides is 2. The van der Waals surface area contributed by atoms with Crippen molar-refractivity contribution >= 4 is 17.5 Å². The molecule has 1 aromatic carbocycles. The van der Waals surface area contributed by atoms with E-state index in [0.29, 0.717) is 18.7 Å². The van der Waals surface area contributed by atoms with E-state index in [0.717, 1.165) is 27.9 Å². The third kappa shape index (κ3) is 4.85. The van der Waals surface area contributed by atoms with Crippen LogP contribution in [0.25, 0.3) is 11.1 Å². The molecule has 0 radical (unpaired) electrons. The second-order valence-corrected chi connectivity index (χ2v) is 6.78. The van der Waals surface area contributed by atoms with Gasteiger partial charge >= 0.3 is 0 Å². The molecule has 0 unspecified atom stereocenters. The minimum Gasteiger partial charge on any atom is -0.347 e. The van der Waals surface area contributed by atoms with Crippen molar-refractivity contribution in [1.29, 1.82) is 0 Å². The maximum Gasteiger partial charge on any atom is 0.270 e. The molecule has 148 valence electrons. The maximum absolute atomic E-state index is 12.3. The van der Waals surface area contributed by atoms with Crippen molar-refractivity contribution < 1.29 is 9.59 Å². The summed E-state index contributed by atoms with van der Waals surface area (Å²) < 4.78 is 0. The summed E-state index contributed by atoms with van der Waals surface area (Å²) in [4.78, 5) is 34.2. The van der Waals surface area contributed by atoms with E-state index in [-0.39, 0.29) is 11.8 Å². The van der Waals surface area contributed by atoms with E-state index in [1.54, 1.807) is 36.6 Å². The molecular weight excluding hydrogens is 364 g/mol. The van der Waals surface area contributed by atoms with Crippen LogP contribution in [-0.2, 0) is 11.3 Å². The Labute approximate surface area is 170 Å². The molecule has 0 aliphatic carbocycles. The molecule has 2 amide bonds. The predicted molar refractivity (Wildman–Crippen MR) is 114 cm³/mol. The van der Waals surface area contributed by atoms with E-state index in [2.05, 4.69) is 15.3 Å². The van der Waals surface area contributed by atoms with Gasteiger partial charge < -0.3 is 10.2 Å². The molecule has 0 fully saturated rings. The Morgan fingerprint density at radius 2 is 1.93 bits per heavy atom. The molecule has 3 rings (SSSR count). The number of carbonyl (C=O) groups is 2. The normalized spacial score (nSPS) is 10.4. The van der Waals surface area contributed by atoms with Gasteiger partial charge in [0.2, 0.25) is 5.91 Å². The first-order chi connectivity index (χ1) is 14.0. The number of anilines is 1. The molecule has 6 nitrogen and oxygen atoms in total. The Hall–Kier alpha value is -3.54. The van der Waals surface area contributed by atoms with Gasteiger partial charge in [0.05, 0.1) is 0 Å². The highest BCUT2D eigenvalue weighted by molar-refractivity contribution is 5.93. The van der Waals surface area contributed by atoms with E-state index in [1.165, 1.54) is 0 Å². The van der Waals surface area contributed by atoms with E-state index in [9.17, 15) is 9.59 Å². The van der Waals surface area contributed by atoms with Gasteiger partial charge in [-0.15, -0.1) is 0 Å². The topological polar surface area (TPSA) is 75.2 Å². The lowest BCUT2D eigenvalue weighted by atomic mass is 10.0. The summed E-state index contributed by atoms with van der Waals surface area (Å²) >= 11 is 0. The maximum atomic E-state index is 12.3. The fourth-order valence-electron chi connectivity index (χ4n) is 3.02. The Kier molecular flexibility index (Phi) is 6.34. The highest BCUT2D eigenvalue weighted by Gasteiger charge is 2.12. The SMILES string of the molecule is CCC(=O)N(C)c1ccc(-c2ccc(C(=O)NCc3cccnc3)nc2)c(C)c1. The molecule has 1 N–H and O–H groups in total. The van der Waals surface area contributed by atoms with Crippen LogP contribution >= 0.6 is 0 Å². The summed E-state index contributed by atoms with van der Waals surface area (Å²) in [6, 6.07) is 13.2. The van der Waals surface area contributed by atoms with Crippen LogP contribution < -0.4 is 10.2 Å². The average Bonchev–Trinajstić information content (AvgIpc) is 2.77. The first-order valence-corrected chi connectivity index (χ1v) is 9.50. The van der Waals surface area contributed by atoms with Crippen LogP contribution in [0.2, 0.25) is 0 Å². The first-order valence-electron chi connectivity index (χ1n) is 9.50. The van der Waals surface area contributed by atoms with Crippen LogP contribution in [0.5, 0.6) is 0 Å². The van der Waals surface area contributed by atoms with Crippen molar-refractivity contribution in [2.45, 2.75) is 26.8 Å². The molecule has 6 heteroatoms. The van der Waals surface area contributed by atoms with Crippen LogP contribution in [0.1, 0.15) is 35.0 Å².